The highest BCUT2D eigenvalue weighted by Gasteiger charge is 2.25. The van der Waals surface area contributed by atoms with Crippen LogP contribution in [0.25, 0.3) is 11.1 Å². The van der Waals surface area contributed by atoms with E-state index < -0.39 is 22.0 Å². The molecule has 0 aliphatic rings. The molecule has 3 aromatic carbocycles. The van der Waals surface area contributed by atoms with Crippen LogP contribution >= 0.6 is 0 Å². The summed E-state index contributed by atoms with van der Waals surface area (Å²) >= 11 is 0. The Balaban J connectivity index is 1.88. The predicted molar refractivity (Wildman–Crippen MR) is 120 cm³/mol. The van der Waals surface area contributed by atoms with Crippen molar-refractivity contribution in [2.45, 2.75) is 38.1 Å². The Bertz CT molecular complexity index is 1200. The number of aliphatic carboxylic acids is 1. The number of carbonyl (C=O) groups is 1. The molecule has 6 nitrogen and oxygen atoms in total. The summed E-state index contributed by atoms with van der Waals surface area (Å²) in [4.78, 5) is 11.8. The Labute approximate surface area is 182 Å². The molecule has 0 radical (unpaired) electrons. The fraction of sp³-hybridized carbons (Fsp3) is 0.208. The molecule has 0 heterocycles. The van der Waals surface area contributed by atoms with Crippen LogP contribution in [0, 0.1) is 20.8 Å². The molecule has 0 amide bonds. The first kappa shape index (κ1) is 22.5. The monoisotopic (exact) mass is 437 g/mol. The van der Waals surface area contributed by atoms with E-state index in [-0.39, 0.29) is 11.3 Å². The minimum atomic E-state index is -4.08. The van der Waals surface area contributed by atoms with E-state index in [0.717, 1.165) is 16.7 Å². The standard InChI is InChI=1S/C24H26N2O4S/c1-15-11-16(2)23(17(3)12-15)31(29,30)26-22(24(27)28)14-20-10-9-19(13-21(20)25)18-7-5-4-6-8-18/h4-13,22,26H,14,25H2,1-3H3,(H,27,28)/p-1/t22-/m0/s1. The molecule has 0 saturated carbocycles. The Morgan fingerprint density at radius 2 is 1.58 bits per heavy atom. The molecule has 162 valence electrons. The first-order chi connectivity index (χ1) is 14.6. The zero-order chi connectivity index (χ0) is 22.8. The maximum atomic E-state index is 13.0. The number of carboxylic acids is 1. The van der Waals surface area contributed by atoms with Gasteiger partial charge in [-0.25, -0.2) is 13.1 Å². The van der Waals surface area contributed by atoms with Gasteiger partial charge in [-0.1, -0.05) is 60.2 Å². The van der Waals surface area contributed by atoms with E-state index in [1.54, 1.807) is 38.1 Å². The van der Waals surface area contributed by atoms with E-state index in [2.05, 4.69) is 4.72 Å². The second kappa shape index (κ2) is 8.91. The van der Waals surface area contributed by atoms with Crippen LogP contribution in [-0.4, -0.2) is 20.4 Å². The summed E-state index contributed by atoms with van der Waals surface area (Å²) in [6.45, 7) is 5.24. The number of benzene rings is 3. The fourth-order valence-electron chi connectivity index (χ4n) is 3.82. The van der Waals surface area contributed by atoms with Crippen LogP contribution in [-0.2, 0) is 21.2 Å². The Morgan fingerprint density at radius 1 is 0.968 bits per heavy atom. The largest absolute Gasteiger partial charge is 0.548 e. The molecule has 0 aliphatic heterocycles. The maximum absolute atomic E-state index is 13.0. The second-order valence-electron chi connectivity index (χ2n) is 7.70. The molecule has 3 rings (SSSR count). The van der Waals surface area contributed by atoms with Gasteiger partial charge in [-0.3, -0.25) is 0 Å². The molecule has 0 aliphatic carbocycles. The van der Waals surface area contributed by atoms with Gasteiger partial charge in [0, 0.05) is 5.69 Å². The summed E-state index contributed by atoms with van der Waals surface area (Å²) in [7, 11) is -4.08. The van der Waals surface area contributed by atoms with Gasteiger partial charge in [0.05, 0.1) is 16.9 Å². The highest BCUT2D eigenvalue weighted by atomic mass is 32.2. The van der Waals surface area contributed by atoms with Gasteiger partial charge in [0.25, 0.3) is 0 Å². The van der Waals surface area contributed by atoms with E-state index in [1.165, 1.54) is 0 Å². The summed E-state index contributed by atoms with van der Waals surface area (Å²) in [6.07, 6.45) is -0.133. The van der Waals surface area contributed by atoms with Crippen molar-refractivity contribution >= 4 is 21.7 Å². The summed E-state index contributed by atoms with van der Waals surface area (Å²) in [6, 6.07) is 16.9. The molecular weight excluding hydrogens is 412 g/mol. The smallest absolute Gasteiger partial charge is 0.241 e. The average Bonchev–Trinajstić information content (AvgIpc) is 2.68. The molecule has 0 saturated heterocycles. The molecule has 31 heavy (non-hydrogen) atoms. The van der Waals surface area contributed by atoms with Gasteiger partial charge in [0.2, 0.25) is 10.0 Å². The quantitative estimate of drug-likeness (QED) is 0.552. The molecular formula is C24H25N2O4S-. The predicted octanol–water partition coefficient (Wildman–Crippen LogP) is 2.50. The van der Waals surface area contributed by atoms with E-state index >= 15 is 0 Å². The van der Waals surface area contributed by atoms with Gasteiger partial charge in [0.15, 0.2) is 0 Å². The van der Waals surface area contributed by atoms with Crippen LogP contribution < -0.4 is 15.6 Å². The van der Waals surface area contributed by atoms with Crippen LogP contribution in [0.2, 0.25) is 0 Å². The van der Waals surface area contributed by atoms with Crippen LogP contribution in [0.1, 0.15) is 22.3 Å². The number of rotatable bonds is 7. The first-order valence-corrected chi connectivity index (χ1v) is 11.3. The number of sulfonamides is 1. The van der Waals surface area contributed by atoms with E-state index in [4.69, 9.17) is 5.73 Å². The number of hydrogen-bond donors (Lipinski definition) is 2. The van der Waals surface area contributed by atoms with Crippen LogP contribution in [0.4, 0.5) is 5.69 Å². The Kier molecular flexibility index (Phi) is 6.48. The highest BCUT2D eigenvalue weighted by molar-refractivity contribution is 7.89. The SMILES string of the molecule is Cc1cc(C)c(S(=O)(=O)N[C@@H](Cc2ccc(-c3ccccc3)cc2N)C(=O)[O-])c(C)c1. The maximum Gasteiger partial charge on any atom is 0.241 e. The molecule has 0 fully saturated rings. The minimum Gasteiger partial charge on any atom is -0.548 e. The number of hydrogen-bond acceptors (Lipinski definition) is 5. The Morgan fingerprint density at radius 3 is 2.13 bits per heavy atom. The van der Waals surface area contributed by atoms with Crippen molar-refractivity contribution in [1.29, 1.82) is 0 Å². The lowest BCUT2D eigenvalue weighted by Crippen LogP contribution is -2.49. The van der Waals surface area contributed by atoms with E-state index in [9.17, 15) is 18.3 Å². The average molecular weight is 438 g/mol. The molecule has 3 N–H and O–H groups in total. The summed E-state index contributed by atoms with van der Waals surface area (Å²) in [5, 5.41) is 11.8. The van der Waals surface area contributed by atoms with Crippen LogP contribution in [0.5, 0.6) is 0 Å². The second-order valence-corrected chi connectivity index (χ2v) is 9.36. The van der Waals surface area contributed by atoms with E-state index in [1.807, 2.05) is 43.3 Å². The first-order valence-electron chi connectivity index (χ1n) is 9.83. The minimum absolute atomic E-state index is 0.0803. The van der Waals surface area contributed by atoms with Crippen LogP contribution in [0.3, 0.4) is 0 Å². The van der Waals surface area contributed by atoms with Gasteiger partial charge < -0.3 is 15.6 Å². The van der Waals surface area contributed by atoms with Gasteiger partial charge in [-0.05, 0) is 61.1 Å². The number of nitrogen functional groups attached to an aromatic ring is 1. The normalized spacial score (nSPS) is 12.5. The summed E-state index contributed by atoms with van der Waals surface area (Å²) in [5.41, 5.74) is 11.0. The zero-order valence-corrected chi connectivity index (χ0v) is 18.5. The number of aryl methyl sites for hydroxylation is 3. The summed E-state index contributed by atoms with van der Waals surface area (Å²) < 4.78 is 28.2. The number of carbonyl (C=O) groups excluding carboxylic acids is 1. The van der Waals surface area contributed by atoms with Crippen LogP contribution in [0.15, 0.2) is 65.6 Å². The number of nitrogens with one attached hydrogen (secondary N) is 1. The van der Waals surface area contributed by atoms with Crippen molar-refractivity contribution < 1.29 is 18.3 Å². The molecule has 7 heteroatoms. The van der Waals surface area contributed by atoms with Gasteiger partial charge >= 0.3 is 0 Å². The third-order valence-electron chi connectivity index (χ3n) is 5.13. The third-order valence-corrected chi connectivity index (χ3v) is 6.91. The highest BCUT2D eigenvalue weighted by Crippen LogP contribution is 2.26. The van der Waals surface area contributed by atoms with Crippen molar-refractivity contribution in [3.63, 3.8) is 0 Å². The van der Waals surface area contributed by atoms with Gasteiger partial charge in [-0.15, -0.1) is 0 Å². The van der Waals surface area contributed by atoms with Crippen molar-refractivity contribution in [3.05, 3.63) is 82.9 Å². The van der Waals surface area contributed by atoms with Gasteiger partial charge in [0.1, 0.15) is 0 Å². The fourth-order valence-corrected chi connectivity index (χ4v) is 5.46. The van der Waals surface area contributed by atoms with Crippen molar-refractivity contribution in [2.24, 2.45) is 0 Å². The topological polar surface area (TPSA) is 112 Å². The lowest BCUT2D eigenvalue weighted by Gasteiger charge is -2.22. The lowest BCUT2D eigenvalue weighted by molar-refractivity contribution is -0.307. The van der Waals surface area contributed by atoms with Crippen molar-refractivity contribution in [3.8, 4) is 11.1 Å². The van der Waals surface area contributed by atoms with Gasteiger partial charge in [-0.2, -0.15) is 0 Å². The zero-order valence-electron chi connectivity index (χ0n) is 17.7. The molecule has 0 spiro atoms. The number of nitrogens with two attached hydrogens (primary N) is 1. The molecule has 0 bridgehead atoms. The Hall–Kier alpha value is -3.16. The molecule has 0 unspecified atom stereocenters. The van der Waals surface area contributed by atoms with E-state index in [0.29, 0.717) is 22.4 Å². The number of anilines is 1. The summed E-state index contributed by atoms with van der Waals surface area (Å²) in [5.74, 6) is -1.52. The van der Waals surface area contributed by atoms with Crippen molar-refractivity contribution in [1.82, 2.24) is 4.72 Å². The lowest BCUT2D eigenvalue weighted by atomic mass is 9.99. The molecule has 3 aromatic rings. The molecule has 0 aromatic heterocycles. The van der Waals surface area contributed by atoms with Crippen molar-refractivity contribution in [2.75, 3.05) is 5.73 Å². The molecule has 1 atom stereocenters. The third kappa shape index (κ3) is 5.13. The number of carboxylic acid groups (broad SMARTS) is 1.